The molecule has 6 heteroatoms. The van der Waals surface area contributed by atoms with Gasteiger partial charge in [-0.2, -0.15) is 0 Å². The van der Waals surface area contributed by atoms with Gasteiger partial charge in [0.25, 0.3) is 5.91 Å². The first-order valence-electron chi connectivity index (χ1n) is 9.86. The summed E-state index contributed by atoms with van der Waals surface area (Å²) >= 11 is 0. The number of ether oxygens (including phenoxy) is 2. The maximum absolute atomic E-state index is 12.6. The van der Waals surface area contributed by atoms with Crippen molar-refractivity contribution < 1.29 is 19.1 Å². The lowest BCUT2D eigenvalue weighted by atomic mass is 9.78. The van der Waals surface area contributed by atoms with E-state index in [1.807, 2.05) is 12.1 Å². The predicted octanol–water partition coefficient (Wildman–Crippen LogP) is 3.90. The monoisotopic (exact) mass is 396 g/mol. The highest BCUT2D eigenvalue weighted by molar-refractivity contribution is 6.04. The first-order valence-corrected chi connectivity index (χ1v) is 9.86. The third-order valence-corrected chi connectivity index (χ3v) is 5.64. The van der Waals surface area contributed by atoms with Gasteiger partial charge in [0.1, 0.15) is 0 Å². The van der Waals surface area contributed by atoms with Crippen LogP contribution < -0.4 is 20.1 Å². The molecule has 2 aromatic rings. The van der Waals surface area contributed by atoms with Crippen LogP contribution in [0.3, 0.4) is 0 Å². The van der Waals surface area contributed by atoms with Gasteiger partial charge in [-0.1, -0.05) is 25.0 Å². The van der Waals surface area contributed by atoms with Gasteiger partial charge >= 0.3 is 0 Å². The Balaban J connectivity index is 1.73. The summed E-state index contributed by atoms with van der Waals surface area (Å²) in [5, 5.41) is 5.91. The zero-order chi connectivity index (χ0) is 20.9. The van der Waals surface area contributed by atoms with Crippen LogP contribution in [-0.4, -0.2) is 32.6 Å². The van der Waals surface area contributed by atoms with E-state index in [2.05, 4.69) is 22.8 Å². The number of nitrogens with one attached hydrogen (secondary N) is 2. The van der Waals surface area contributed by atoms with Gasteiger partial charge in [-0.05, 0) is 48.7 Å². The van der Waals surface area contributed by atoms with Gasteiger partial charge < -0.3 is 20.1 Å². The normalized spacial score (nSPS) is 14.9. The van der Waals surface area contributed by atoms with Crippen molar-refractivity contribution in [3.05, 3.63) is 53.6 Å². The number of carbonyl (C=O) groups excluding carboxylic acids is 2. The first-order chi connectivity index (χ1) is 14.0. The number of hydrogen-bond acceptors (Lipinski definition) is 4. The van der Waals surface area contributed by atoms with Gasteiger partial charge in [-0.15, -0.1) is 0 Å². The molecule has 1 saturated carbocycles. The molecule has 154 valence electrons. The quantitative estimate of drug-likeness (QED) is 0.744. The van der Waals surface area contributed by atoms with E-state index < -0.39 is 0 Å². The molecule has 0 radical (unpaired) electrons. The lowest BCUT2D eigenvalue weighted by Crippen LogP contribution is -2.38. The number of benzene rings is 2. The Kier molecular flexibility index (Phi) is 6.42. The second-order valence-electron chi connectivity index (χ2n) is 7.50. The van der Waals surface area contributed by atoms with Crippen LogP contribution in [0.15, 0.2) is 42.5 Å². The molecule has 0 saturated heterocycles. The van der Waals surface area contributed by atoms with Gasteiger partial charge in [0.2, 0.25) is 5.91 Å². The summed E-state index contributed by atoms with van der Waals surface area (Å²) < 4.78 is 10.5. The van der Waals surface area contributed by atoms with Crippen molar-refractivity contribution in [3.63, 3.8) is 0 Å². The second kappa shape index (κ2) is 8.99. The summed E-state index contributed by atoms with van der Waals surface area (Å²) in [6.07, 6.45) is 4.45. The Morgan fingerprint density at radius 1 is 0.966 bits per heavy atom. The van der Waals surface area contributed by atoms with Gasteiger partial charge in [0, 0.05) is 30.1 Å². The van der Waals surface area contributed by atoms with Crippen LogP contribution in [0.4, 0.5) is 5.69 Å². The lowest BCUT2D eigenvalue weighted by Gasteiger charge is -2.30. The summed E-state index contributed by atoms with van der Waals surface area (Å²) in [6, 6.07) is 13.0. The first kappa shape index (κ1) is 20.7. The Labute approximate surface area is 171 Å². The average Bonchev–Trinajstić information content (AvgIpc) is 3.22. The minimum Gasteiger partial charge on any atom is -0.493 e. The Hall–Kier alpha value is -3.02. The number of hydrogen-bond donors (Lipinski definition) is 2. The molecule has 1 fully saturated rings. The zero-order valence-electron chi connectivity index (χ0n) is 17.2. The van der Waals surface area contributed by atoms with Crippen molar-refractivity contribution in [2.24, 2.45) is 0 Å². The number of rotatable bonds is 7. The highest BCUT2D eigenvalue weighted by Gasteiger charge is 2.35. The SMILES string of the molecule is COc1ccc(C(=O)Nc2ccc(C3(CNC(C)=O)CCCC3)cc2)cc1OC. The summed E-state index contributed by atoms with van der Waals surface area (Å²) in [5.74, 6) is 0.869. The van der Waals surface area contributed by atoms with Crippen molar-refractivity contribution in [2.75, 3.05) is 26.1 Å². The van der Waals surface area contributed by atoms with E-state index in [4.69, 9.17) is 9.47 Å². The van der Waals surface area contributed by atoms with Gasteiger partial charge in [0.05, 0.1) is 14.2 Å². The molecule has 3 rings (SSSR count). The third kappa shape index (κ3) is 4.70. The fourth-order valence-corrected chi connectivity index (χ4v) is 4.00. The van der Waals surface area contributed by atoms with Crippen molar-refractivity contribution in [1.29, 1.82) is 0 Å². The molecule has 0 spiro atoms. The molecule has 0 aliphatic heterocycles. The minimum absolute atomic E-state index is 0.00456. The number of amides is 2. The van der Waals surface area contributed by atoms with Gasteiger partial charge in [-0.25, -0.2) is 0 Å². The number of anilines is 1. The highest BCUT2D eigenvalue weighted by Crippen LogP contribution is 2.41. The second-order valence-corrected chi connectivity index (χ2v) is 7.50. The van der Waals surface area contributed by atoms with Crippen molar-refractivity contribution >= 4 is 17.5 Å². The van der Waals surface area contributed by atoms with Crippen molar-refractivity contribution in [1.82, 2.24) is 5.32 Å². The van der Waals surface area contributed by atoms with E-state index >= 15 is 0 Å². The molecule has 0 heterocycles. The molecule has 2 aromatic carbocycles. The Morgan fingerprint density at radius 3 is 2.21 bits per heavy atom. The molecular weight excluding hydrogens is 368 g/mol. The van der Waals surface area contributed by atoms with E-state index in [-0.39, 0.29) is 17.2 Å². The van der Waals surface area contributed by atoms with E-state index in [1.165, 1.54) is 12.7 Å². The van der Waals surface area contributed by atoms with Crippen LogP contribution in [0.5, 0.6) is 11.5 Å². The molecule has 0 atom stereocenters. The smallest absolute Gasteiger partial charge is 0.255 e. The van der Waals surface area contributed by atoms with Crippen LogP contribution in [0.2, 0.25) is 0 Å². The number of methoxy groups -OCH3 is 2. The van der Waals surface area contributed by atoms with Crippen LogP contribution in [-0.2, 0) is 10.2 Å². The third-order valence-electron chi connectivity index (χ3n) is 5.64. The van der Waals surface area contributed by atoms with E-state index in [0.29, 0.717) is 23.6 Å². The van der Waals surface area contributed by atoms with E-state index in [0.717, 1.165) is 31.4 Å². The van der Waals surface area contributed by atoms with Crippen LogP contribution in [0, 0.1) is 0 Å². The summed E-state index contributed by atoms with van der Waals surface area (Å²) in [7, 11) is 3.10. The molecule has 2 N–H and O–H groups in total. The fraction of sp³-hybridized carbons (Fsp3) is 0.391. The molecule has 0 aromatic heterocycles. The minimum atomic E-state index is -0.215. The molecular formula is C23H28N2O4. The fourth-order valence-electron chi connectivity index (χ4n) is 4.00. The molecule has 1 aliphatic carbocycles. The topological polar surface area (TPSA) is 76.7 Å². The van der Waals surface area contributed by atoms with Crippen LogP contribution in [0.25, 0.3) is 0 Å². The molecule has 1 aliphatic rings. The van der Waals surface area contributed by atoms with Crippen molar-refractivity contribution in [3.8, 4) is 11.5 Å². The summed E-state index contributed by atoms with van der Waals surface area (Å²) in [6.45, 7) is 2.20. The summed E-state index contributed by atoms with van der Waals surface area (Å²) in [5.41, 5.74) is 2.40. The van der Waals surface area contributed by atoms with Crippen LogP contribution in [0.1, 0.15) is 48.5 Å². The average molecular weight is 396 g/mol. The highest BCUT2D eigenvalue weighted by atomic mass is 16.5. The zero-order valence-corrected chi connectivity index (χ0v) is 17.2. The van der Waals surface area contributed by atoms with Gasteiger partial charge in [0.15, 0.2) is 11.5 Å². The molecule has 29 heavy (non-hydrogen) atoms. The maximum atomic E-state index is 12.6. The Morgan fingerprint density at radius 2 is 1.62 bits per heavy atom. The van der Waals surface area contributed by atoms with E-state index in [1.54, 1.807) is 32.2 Å². The molecule has 2 amide bonds. The Bertz CT molecular complexity index is 871. The standard InChI is InChI=1S/C23H28N2O4/c1-16(26)24-15-23(12-4-5-13-23)18-7-9-19(10-8-18)25-22(27)17-6-11-20(28-2)21(14-17)29-3/h6-11,14H,4-5,12-13,15H2,1-3H3,(H,24,26)(H,25,27). The molecule has 0 bridgehead atoms. The number of carbonyl (C=O) groups is 2. The van der Waals surface area contributed by atoms with Gasteiger partial charge in [-0.3, -0.25) is 9.59 Å². The molecule has 0 unspecified atom stereocenters. The van der Waals surface area contributed by atoms with Crippen LogP contribution >= 0.6 is 0 Å². The molecule has 6 nitrogen and oxygen atoms in total. The largest absolute Gasteiger partial charge is 0.493 e. The predicted molar refractivity (Wildman–Crippen MR) is 113 cm³/mol. The van der Waals surface area contributed by atoms with Crippen molar-refractivity contribution in [2.45, 2.75) is 38.0 Å². The summed E-state index contributed by atoms with van der Waals surface area (Å²) in [4.78, 5) is 24.0. The van der Waals surface area contributed by atoms with E-state index in [9.17, 15) is 9.59 Å². The lowest BCUT2D eigenvalue weighted by molar-refractivity contribution is -0.119. The maximum Gasteiger partial charge on any atom is 0.255 e.